The van der Waals surface area contributed by atoms with Gasteiger partial charge in [0.05, 0.1) is 11.0 Å². The Kier molecular flexibility index (Phi) is 2.83. The molecule has 0 aliphatic carbocycles. The number of benzene rings is 1. The molecule has 4 nitrogen and oxygen atoms in total. The maximum Gasteiger partial charge on any atom is 0.140 e. The van der Waals surface area contributed by atoms with Gasteiger partial charge >= 0.3 is 0 Å². The average Bonchev–Trinajstić information content (AvgIpc) is 2.82. The van der Waals surface area contributed by atoms with E-state index in [0.717, 1.165) is 28.0 Å². The molecule has 0 radical (unpaired) electrons. The van der Waals surface area contributed by atoms with Crippen molar-refractivity contribution >= 4 is 16.8 Å². The van der Waals surface area contributed by atoms with Gasteiger partial charge in [-0.1, -0.05) is 6.07 Å². The third kappa shape index (κ3) is 2.38. The van der Waals surface area contributed by atoms with Gasteiger partial charge in [0.1, 0.15) is 11.6 Å². The normalized spacial score (nSPS) is 10.8. The Labute approximate surface area is 110 Å². The third-order valence-corrected chi connectivity index (χ3v) is 2.93. The molecule has 0 amide bonds. The Bertz CT molecular complexity index is 731. The second kappa shape index (κ2) is 4.65. The van der Waals surface area contributed by atoms with E-state index < -0.39 is 0 Å². The summed E-state index contributed by atoms with van der Waals surface area (Å²) in [7, 11) is 0. The monoisotopic (exact) mass is 251 g/mol. The summed E-state index contributed by atoms with van der Waals surface area (Å²) in [5, 5.41) is 0. The molecule has 0 saturated carbocycles. The molecule has 2 heterocycles. The molecule has 0 bridgehead atoms. The zero-order valence-corrected chi connectivity index (χ0v) is 10.6. The summed E-state index contributed by atoms with van der Waals surface area (Å²) < 4.78 is 0. The number of carbonyl (C=O) groups excluding carboxylic acids is 1. The second-order valence-corrected chi connectivity index (χ2v) is 4.56. The van der Waals surface area contributed by atoms with E-state index in [2.05, 4.69) is 15.0 Å². The van der Waals surface area contributed by atoms with Crippen molar-refractivity contribution in [1.82, 2.24) is 15.0 Å². The van der Waals surface area contributed by atoms with Crippen LogP contribution >= 0.6 is 0 Å². The minimum Gasteiger partial charge on any atom is -0.338 e. The third-order valence-electron chi connectivity index (χ3n) is 2.93. The van der Waals surface area contributed by atoms with Crippen molar-refractivity contribution < 1.29 is 4.79 Å². The number of aromatic amines is 1. The van der Waals surface area contributed by atoms with E-state index >= 15 is 0 Å². The molecule has 3 aromatic rings. The number of nitrogens with zero attached hydrogens (tertiary/aromatic N) is 2. The molecule has 3 rings (SSSR count). The Morgan fingerprint density at radius 3 is 2.95 bits per heavy atom. The predicted octanol–water partition coefficient (Wildman–Crippen LogP) is 2.76. The first-order valence-corrected chi connectivity index (χ1v) is 6.11. The van der Waals surface area contributed by atoms with Crippen LogP contribution < -0.4 is 0 Å². The number of Topliss-reactive ketones (excluding diaryl/α,β-unsaturated/α-hetero) is 1. The van der Waals surface area contributed by atoms with Crippen molar-refractivity contribution in [2.45, 2.75) is 13.3 Å². The van der Waals surface area contributed by atoms with E-state index in [4.69, 9.17) is 0 Å². The van der Waals surface area contributed by atoms with Crippen molar-refractivity contribution in [1.29, 1.82) is 0 Å². The number of carbonyl (C=O) groups is 1. The van der Waals surface area contributed by atoms with Crippen LogP contribution in [0.15, 0.2) is 42.7 Å². The molecule has 0 aliphatic rings. The fraction of sp³-hybridized carbons (Fsp3) is 0.133. The maximum absolute atomic E-state index is 11.1. The summed E-state index contributed by atoms with van der Waals surface area (Å²) in [5.41, 5.74) is 3.79. The lowest BCUT2D eigenvalue weighted by molar-refractivity contribution is -0.116. The quantitative estimate of drug-likeness (QED) is 0.778. The van der Waals surface area contributed by atoms with Crippen LogP contribution in [0.4, 0.5) is 0 Å². The van der Waals surface area contributed by atoms with Gasteiger partial charge in [-0.2, -0.15) is 0 Å². The molecule has 0 fully saturated rings. The zero-order chi connectivity index (χ0) is 13.2. The van der Waals surface area contributed by atoms with E-state index in [1.54, 1.807) is 19.3 Å². The summed E-state index contributed by atoms with van der Waals surface area (Å²) >= 11 is 0. The highest BCUT2D eigenvalue weighted by Crippen LogP contribution is 2.20. The van der Waals surface area contributed by atoms with Gasteiger partial charge in [-0.05, 0) is 36.8 Å². The lowest BCUT2D eigenvalue weighted by atomic mass is 10.1. The molecule has 0 aliphatic heterocycles. The fourth-order valence-corrected chi connectivity index (χ4v) is 2.09. The number of ketones is 1. The van der Waals surface area contributed by atoms with Crippen molar-refractivity contribution in [2.24, 2.45) is 0 Å². The molecule has 19 heavy (non-hydrogen) atoms. The molecule has 1 N–H and O–H groups in total. The van der Waals surface area contributed by atoms with Crippen LogP contribution in [0.2, 0.25) is 0 Å². The number of rotatable bonds is 3. The summed E-state index contributed by atoms with van der Waals surface area (Å²) in [6, 6.07) is 9.69. The molecule has 1 aromatic carbocycles. The SMILES string of the molecule is CC(=O)Cc1ccc2nc(-c3cccnc3)[nH]c2c1. The number of nitrogens with one attached hydrogen (secondary N) is 1. The Balaban J connectivity index is 2.04. The first-order chi connectivity index (χ1) is 9.22. The van der Waals surface area contributed by atoms with E-state index in [1.807, 2.05) is 30.3 Å². The lowest BCUT2D eigenvalue weighted by Gasteiger charge is -1.96. The minimum atomic E-state index is 0.159. The first-order valence-electron chi connectivity index (χ1n) is 6.11. The molecule has 0 spiro atoms. The summed E-state index contributed by atoms with van der Waals surface area (Å²) in [5.74, 6) is 0.953. The Morgan fingerprint density at radius 1 is 1.32 bits per heavy atom. The van der Waals surface area contributed by atoms with Crippen molar-refractivity contribution in [3.05, 3.63) is 48.3 Å². The van der Waals surface area contributed by atoms with Gasteiger partial charge in [-0.25, -0.2) is 4.98 Å². The molecule has 0 atom stereocenters. The molecular formula is C15H13N3O. The largest absolute Gasteiger partial charge is 0.338 e. The van der Waals surface area contributed by atoms with Crippen LogP contribution in [0.25, 0.3) is 22.4 Å². The van der Waals surface area contributed by atoms with Crippen LogP contribution in [0.1, 0.15) is 12.5 Å². The van der Waals surface area contributed by atoms with E-state index in [9.17, 15) is 4.79 Å². The Morgan fingerprint density at radius 2 is 2.21 bits per heavy atom. The van der Waals surface area contributed by atoms with Gasteiger partial charge < -0.3 is 4.98 Å². The second-order valence-electron chi connectivity index (χ2n) is 4.56. The highest BCUT2D eigenvalue weighted by atomic mass is 16.1. The number of hydrogen-bond donors (Lipinski definition) is 1. The van der Waals surface area contributed by atoms with Gasteiger partial charge in [0, 0.05) is 24.4 Å². The summed E-state index contributed by atoms with van der Waals surface area (Å²) in [4.78, 5) is 23.0. The number of aromatic nitrogens is 3. The standard InChI is InChI=1S/C15H13N3O/c1-10(19)7-11-4-5-13-14(8-11)18-15(17-13)12-3-2-6-16-9-12/h2-6,8-9H,7H2,1H3,(H,17,18). The first kappa shape index (κ1) is 11.6. The van der Waals surface area contributed by atoms with Crippen LogP contribution in [0.5, 0.6) is 0 Å². The van der Waals surface area contributed by atoms with E-state index in [1.165, 1.54) is 0 Å². The van der Waals surface area contributed by atoms with Gasteiger partial charge in [-0.3, -0.25) is 9.78 Å². The number of hydrogen-bond acceptors (Lipinski definition) is 3. The number of pyridine rings is 1. The molecule has 0 unspecified atom stereocenters. The van der Waals surface area contributed by atoms with Crippen LogP contribution in [0, 0.1) is 0 Å². The topological polar surface area (TPSA) is 58.6 Å². The number of imidazole rings is 1. The molecular weight excluding hydrogens is 238 g/mol. The minimum absolute atomic E-state index is 0.159. The zero-order valence-electron chi connectivity index (χ0n) is 10.6. The highest BCUT2D eigenvalue weighted by molar-refractivity contribution is 5.83. The summed E-state index contributed by atoms with van der Waals surface area (Å²) in [6.07, 6.45) is 3.96. The fourth-order valence-electron chi connectivity index (χ4n) is 2.09. The maximum atomic E-state index is 11.1. The Hall–Kier alpha value is -2.49. The average molecular weight is 251 g/mol. The summed E-state index contributed by atoms with van der Waals surface area (Å²) in [6.45, 7) is 1.60. The van der Waals surface area contributed by atoms with Crippen molar-refractivity contribution in [3.63, 3.8) is 0 Å². The van der Waals surface area contributed by atoms with Crippen molar-refractivity contribution in [2.75, 3.05) is 0 Å². The van der Waals surface area contributed by atoms with Gasteiger partial charge in [0.2, 0.25) is 0 Å². The van der Waals surface area contributed by atoms with Crippen LogP contribution in [-0.4, -0.2) is 20.7 Å². The molecule has 94 valence electrons. The smallest absolute Gasteiger partial charge is 0.140 e. The molecule has 2 aromatic heterocycles. The van der Waals surface area contributed by atoms with Crippen LogP contribution in [0.3, 0.4) is 0 Å². The van der Waals surface area contributed by atoms with Crippen LogP contribution in [-0.2, 0) is 11.2 Å². The number of fused-ring (bicyclic) bond motifs is 1. The molecule has 0 saturated heterocycles. The van der Waals surface area contributed by atoms with Gasteiger partial charge in [-0.15, -0.1) is 0 Å². The van der Waals surface area contributed by atoms with E-state index in [-0.39, 0.29) is 5.78 Å². The predicted molar refractivity (Wildman–Crippen MR) is 73.7 cm³/mol. The number of H-pyrrole nitrogens is 1. The van der Waals surface area contributed by atoms with Crippen molar-refractivity contribution in [3.8, 4) is 11.4 Å². The van der Waals surface area contributed by atoms with Gasteiger partial charge in [0.15, 0.2) is 0 Å². The molecule has 4 heteroatoms. The lowest BCUT2D eigenvalue weighted by Crippen LogP contribution is -1.95. The highest BCUT2D eigenvalue weighted by Gasteiger charge is 2.06. The van der Waals surface area contributed by atoms with E-state index in [0.29, 0.717) is 6.42 Å². The van der Waals surface area contributed by atoms with Gasteiger partial charge in [0.25, 0.3) is 0 Å².